The SMILES string of the molecule is CC(C)c1ccc(C(=O)COC(=O)CN2C(=O)N[C@](C)(c3ccccc3)C2=O)cc1. The van der Waals surface area contributed by atoms with Gasteiger partial charge in [0.05, 0.1) is 0 Å². The molecule has 0 aliphatic carbocycles. The first kappa shape index (κ1) is 21.2. The smallest absolute Gasteiger partial charge is 0.326 e. The lowest BCUT2D eigenvalue weighted by atomic mass is 9.92. The van der Waals surface area contributed by atoms with Crippen molar-refractivity contribution in [2.24, 2.45) is 0 Å². The first-order valence-electron chi connectivity index (χ1n) is 9.71. The molecule has 0 bridgehead atoms. The minimum Gasteiger partial charge on any atom is -0.456 e. The number of nitrogens with zero attached hydrogens (tertiary/aromatic N) is 1. The number of carbonyl (C=O) groups is 4. The lowest BCUT2D eigenvalue weighted by molar-refractivity contribution is -0.146. The number of amides is 3. The summed E-state index contributed by atoms with van der Waals surface area (Å²) < 4.78 is 5.01. The Morgan fingerprint density at radius 2 is 1.67 bits per heavy atom. The molecule has 2 aromatic carbocycles. The molecule has 0 radical (unpaired) electrons. The van der Waals surface area contributed by atoms with Crippen LogP contribution in [0.15, 0.2) is 54.6 Å². The van der Waals surface area contributed by atoms with Gasteiger partial charge in [0.15, 0.2) is 12.4 Å². The zero-order valence-corrected chi connectivity index (χ0v) is 17.2. The third kappa shape index (κ3) is 4.25. The molecular formula is C23H24N2O5. The summed E-state index contributed by atoms with van der Waals surface area (Å²) in [6.07, 6.45) is 0. The fourth-order valence-electron chi connectivity index (χ4n) is 3.27. The van der Waals surface area contributed by atoms with E-state index in [1.807, 2.05) is 12.1 Å². The summed E-state index contributed by atoms with van der Waals surface area (Å²) in [6, 6.07) is 15.2. The van der Waals surface area contributed by atoms with Gasteiger partial charge in [-0.15, -0.1) is 0 Å². The lowest BCUT2D eigenvalue weighted by Gasteiger charge is -2.21. The van der Waals surface area contributed by atoms with Crippen LogP contribution in [0.3, 0.4) is 0 Å². The van der Waals surface area contributed by atoms with Crippen LogP contribution >= 0.6 is 0 Å². The molecule has 1 N–H and O–H groups in total. The van der Waals surface area contributed by atoms with Gasteiger partial charge in [-0.2, -0.15) is 0 Å². The maximum atomic E-state index is 12.8. The molecule has 1 heterocycles. The molecule has 0 unspecified atom stereocenters. The largest absolute Gasteiger partial charge is 0.456 e. The van der Waals surface area contributed by atoms with Gasteiger partial charge in [0.1, 0.15) is 12.1 Å². The van der Waals surface area contributed by atoms with E-state index in [1.54, 1.807) is 49.4 Å². The van der Waals surface area contributed by atoms with Gasteiger partial charge in [-0.1, -0.05) is 68.4 Å². The number of carbonyl (C=O) groups excluding carboxylic acids is 4. The molecule has 3 rings (SSSR count). The number of nitrogens with one attached hydrogen (secondary N) is 1. The summed E-state index contributed by atoms with van der Waals surface area (Å²) >= 11 is 0. The quantitative estimate of drug-likeness (QED) is 0.432. The van der Waals surface area contributed by atoms with Crippen LogP contribution < -0.4 is 5.32 Å². The predicted octanol–water partition coefficient (Wildman–Crippen LogP) is 3.00. The van der Waals surface area contributed by atoms with Crippen molar-refractivity contribution in [1.82, 2.24) is 10.2 Å². The predicted molar refractivity (Wildman–Crippen MR) is 110 cm³/mol. The Balaban J connectivity index is 1.59. The van der Waals surface area contributed by atoms with E-state index in [-0.39, 0.29) is 5.78 Å². The Bertz CT molecular complexity index is 969. The van der Waals surface area contributed by atoms with Gasteiger partial charge < -0.3 is 10.1 Å². The van der Waals surface area contributed by atoms with Crippen LogP contribution in [0, 0.1) is 0 Å². The van der Waals surface area contributed by atoms with E-state index in [1.165, 1.54) is 0 Å². The number of urea groups is 1. The van der Waals surface area contributed by atoms with Gasteiger partial charge in [-0.3, -0.25) is 19.3 Å². The lowest BCUT2D eigenvalue weighted by Crippen LogP contribution is -2.41. The second-order valence-corrected chi connectivity index (χ2v) is 7.67. The maximum absolute atomic E-state index is 12.8. The minimum absolute atomic E-state index is 0.345. The van der Waals surface area contributed by atoms with E-state index >= 15 is 0 Å². The standard InChI is InChI=1S/C23H24N2O5/c1-15(2)16-9-11-17(12-10-16)19(26)14-30-20(27)13-25-21(28)23(3,24-22(25)29)18-7-5-4-6-8-18/h4-12,15H,13-14H2,1-3H3,(H,24,29)/t23-/m1/s1. The van der Waals surface area contributed by atoms with Crippen molar-refractivity contribution < 1.29 is 23.9 Å². The second kappa shape index (κ2) is 8.49. The third-order valence-electron chi connectivity index (χ3n) is 5.18. The van der Waals surface area contributed by atoms with Crippen LogP contribution in [0.25, 0.3) is 0 Å². The second-order valence-electron chi connectivity index (χ2n) is 7.67. The molecule has 7 heteroatoms. The first-order chi connectivity index (χ1) is 14.2. The van der Waals surface area contributed by atoms with E-state index in [4.69, 9.17) is 4.74 Å². The van der Waals surface area contributed by atoms with E-state index in [9.17, 15) is 19.2 Å². The van der Waals surface area contributed by atoms with Gasteiger partial charge in [0.2, 0.25) is 0 Å². The Morgan fingerprint density at radius 1 is 1.03 bits per heavy atom. The summed E-state index contributed by atoms with van der Waals surface area (Å²) in [5, 5.41) is 2.62. The van der Waals surface area contributed by atoms with Crippen LogP contribution in [-0.2, 0) is 19.9 Å². The number of ketones is 1. The Morgan fingerprint density at radius 3 is 2.27 bits per heavy atom. The van der Waals surface area contributed by atoms with Crippen LogP contribution in [0.5, 0.6) is 0 Å². The molecule has 0 aromatic heterocycles. The molecule has 1 fully saturated rings. The van der Waals surface area contributed by atoms with E-state index in [0.29, 0.717) is 17.0 Å². The summed E-state index contributed by atoms with van der Waals surface area (Å²) in [5.41, 5.74) is 0.883. The molecule has 0 spiro atoms. The highest BCUT2D eigenvalue weighted by Crippen LogP contribution is 2.28. The summed E-state index contributed by atoms with van der Waals surface area (Å²) in [7, 11) is 0. The van der Waals surface area contributed by atoms with Crippen LogP contribution in [-0.4, -0.2) is 41.7 Å². The fourth-order valence-corrected chi connectivity index (χ4v) is 3.27. The van der Waals surface area contributed by atoms with Gasteiger partial charge in [0.25, 0.3) is 5.91 Å². The summed E-state index contributed by atoms with van der Waals surface area (Å²) in [4.78, 5) is 50.3. The Labute approximate surface area is 175 Å². The normalized spacial score (nSPS) is 18.5. The summed E-state index contributed by atoms with van der Waals surface area (Å²) in [5.74, 6) is -1.39. The number of rotatable bonds is 7. The molecule has 0 saturated carbocycles. The van der Waals surface area contributed by atoms with Crippen LogP contribution in [0.4, 0.5) is 4.79 Å². The van der Waals surface area contributed by atoms with E-state index in [2.05, 4.69) is 19.2 Å². The van der Waals surface area contributed by atoms with Crippen molar-refractivity contribution in [2.75, 3.05) is 13.2 Å². The number of Topliss-reactive ketones (excluding diaryl/α,β-unsaturated/α-hetero) is 1. The highest BCUT2D eigenvalue weighted by Gasteiger charge is 2.49. The number of esters is 1. The molecule has 1 saturated heterocycles. The molecule has 1 aliphatic heterocycles. The van der Waals surface area contributed by atoms with E-state index < -0.39 is 36.6 Å². The van der Waals surface area contributed by atoms with Crippen LogP contribution in [0.1, 0.15) is 48.2 Å². The molecule has 2 aromatic rings. The molecule has 3 amide bonds. The van der Waals surface area contributed by atoms with Crippen molar-refractivity contribution >= 4 is 23.7 Å². The zero-order valence-electron chi connectivity index (χ0n) is 17.2. The minimum atomic E-state index is -1.26. The van der Waals surface area contributed by atoms with Crippen molar-refractivity contribution in [1.29, 1.82) is 0 Å². The molecule has 156 valence electrons. The van der Waals surface area contributed by atoms with Crippen molar-refractivity contribution in [3.63, 3.8) is 0 Å². The average Bonchev–Trinajstić information content (AvgIpc) is 2.96. The van der Waals surface area contributed by atoms with Crippen LogP contribution in [0.2, 0.25) is 0 Å². The van der Waals surface area contributed by atoms with Crippen molar-refractivity contribution in [3.8, 4) is 0 Å². The number of imide groups is 1. The Hall–Kier alpha value is -3.48. The topological polar surface area (TPSA) is 92.8 Å². The molecular weight excluding hydrogens is 384 g/mol. The summed E-state index contributed by atoms with van der Waals surface area (Å²) in [6.45, 7) is 4.67. The van der Waals surface area contributed by atoms with E-state index in [0.717, 1.165) is 10.5 Å². The molecule has 7 nitrogen and oxygen atoms in total. The molecule has 30 heavy (non-hydrogen) atoms. The average molecular weight is 408 g/mol. The first-order valence-corrected chi connectivity index (χ1v) is 9.71. The van der Waals surface area contributed by atoms with Crippen molar-refractivity contribution in [3.05, 3.63) is 71.3 Å². The number of benzene rings is 2. The van der Waals surface area contributed by atoms with Gasteiger partial charge in [-0.25, -0.2) is 4.79 Å². The Kier molecular flexibility index (Phi) is 6.01. The number of ether oxygens (including phenoxy) is 1. The maximum Gasteiger partial charge on any atom is 0.326 e. The van der Waals surface area contributed by atoms with Gasteiger partial charge in [0, 0.05) is 5.56 Å². The van der Waals surface area contributed by atoms with Gasteiger partial charge in [-0.05, 0) is 24.0 Å². The highest BCUT2D eigenvalue weighted by molar-refractivity contribution is 6.09. The number of hydrogen-bond donors (Lipinski definition) is 1. The third-order valence-corrected chi connectivity index (χ3v) is 5.18. The zero-order chi connectivity index (χ0) is 21.9. The highest BCUT2D eigenvalue weighted by atomic mass is 16.5. The van der Waals surface area contributed by atoms with Gasteiger partial charge >= 0.3 is 12.0 Å². The monoisotopic (exact) mass is 408 g/mol. The van der Waals surface area contributed by atoms with Crippen molar-refractivity contribution in [2.45, 2.75) is 32.2 Å². The molecule has 1 aliphatic rings. The fraction of sp³-hybridized carbons (Fsp3) is 0.304. The molecule has 1 atom stereocenters. The number of hydrogen-bond acceptors (Lipinski definition) is 5.